The van der Waals surface area contributed by atoms with Crippen LogP contribution in [0.1, 0.15) is 272 Å². The van der Waals surface area contributed by atoms with E-state index in [0.29, 0.717) is 61.3 Å². The summed E-state index contributed by atoms with van der Waals surface area (Å²) < 4.78 is 0. The number of phenols is 3. The van der Waals surface area contributed by atoms with Crippen molar-refractivity contribution in [3.05, 3.63) is 145 Å². The Hall–Kier alpha value is -6.23. The van der Waals surface area contributed by atoms with Gasteiger partial charge in [0.1, 0.15) is 28.8 Å². The summed E-state index contributed by atoms with van der Waals surface area (Å²) in [5.74, 6) is 2.37. The molecule has 11 heteroatoms. The molecular weight excluding hydrogens is 1120 g/mol. The molecule has 0 saturated heterocycles. The molecule has 0 fully saturated rings. The minimum atomic E-state index is -0.472. The van der Waals surface area contributed by atoms with E-state index >= 15 is 0 Å². The van der Waals surface area contributed by atoms with Crippen LogP contribution in [0.5, 0.6) is 17.2 Å². The minimum Gasteiger partial charge on any atom is -0.512 e. The first-order chi connectivity index (χ1) is 40.7. The van der Waals surface area contributed by atoms with Crippen LogP contribution in [0.2, 0.25) is 0 Å². The van der Waals surface area contributed by atoms with E-state index in [0.717, 1.165) is 77.9 Å². The lowest BCUT2D eigenvalue weighted by Gasteiger charge is -2.43. The molecule has 1 aliphatic rings. The Morgan fingerprint density at radius 2 is 0.846 bits per heavy atom. The predicted molar refractivity (Wildman–Crippen MR) is 387 cm³/mol. The molecule has 1 aromatic heterocycles. The summed E-state index contributed by atoms with van der Waals surface area (Å²) in [6.45, 7) is 74.6. The van der Waals surface area contributed by atoms with Gasteiger partial charge in [0.25, 0.3) is 0 Å². The van der Waals surface area contributed by atoms with Crippen molar-refractivity contribution in [3.8, 4) is 17.2 Å². The Morgan fingerprint density at radius 1 is 0.495 bits per heavy atom. The molecule has 0 bridgehead atoms. The highest BCUT2D eigenvalue weighted by Crippen LogP contribution is 2.49. The highest BCUT2D eigenvalue weighted by Gasteiger charge is 2.42. The number of rotatable bonds is 15. The van der Waals surface area contributed by atoms with Crippen molar-refractivity contribution in [2.75, 3.05) is 28.2 Å². The van der Waals surface area contributed by atoms with Crippen LogP contribution in [0.25, 0.3) is 0 Å². The fourth-order valence-corrected chi connectivity index (χ4v) is 12.4. The third-order valence-corrected chi connectivity index (χ3v) is 18.1. The van der Waals surface area contributed by atoms with Crippen LogP contribution < -0.4 is 15.1 Å². The third kappa shape index (κ3) is 18.3. The Labute approximate surface area is 552 Å². The second kappa shape index (κ2) is 25.9. The maximum absolute atomic E-state index is 12.4. The lowest BCUT2D eigenvalue weighted by molar-refractivity contribution is 0.149. The van der Waals surface area contributed by atoms with Gasteiger partial charge in [0, 0.05) is 38.6 Å². The summed E-state index contributed by atoms with van der Waals surface area (Å²) in [5, 5.41) is 64.5. The van der Waals surface area contributed by atoms with Gasteiger partial charge in [-0.2, -0.15) is 15.0 Å². The zero-order valence-corrected chi connectivity index (χ0v) is 63.0. The first-order valence-corrected chi connectivity index (χ1v) is 33.3. The Bertz CT molecular complexity index is 3360. The second-order valence-corrected chi connectivity index (χ2v) is 37.0. The van der Waals surface area contributed by atoms with Crippen molar-refractivity contribution in [1.82, 2.24) is 15.0 Å². The molecule has 0 saturated carbocycles. The molecule has 2 unspecified atom stereocenters. The van der Waals surface area contributed by atoms with Gasteiger partial charge in [-0.15, -0.1) is 0 Å². The average Bonchev–Trinajstić information content (AvgIpc) is 1.31. The highest BCUT2D eigenvalue weighted by atomic mass is 16.3. The normalized spacial score (nSPS) is 16.7. The number of aliphatic hydroxyl groups excluding tert-OH is 2. The van der Waals surface area contributed by atoms with Crippen LogP contribution in [0.15, 0.2) is 94.5 Å². The van der Waals surface area contributed by atoms with Crippen molar-refractivity contribution in [2.24, 2.45) is 33.5 Å². The van der Waals surface area contributed by atoms with Crippen molar-refractivity contribution in [1.29, 1.82) is 0 Å². The molecule has 2 atom stereocenters. The number of anilines is 3. The highest BCUT2D eigenvalue weighted by molar-refractivity contribution is 5.57. The summed E-state index contributed by atoms with van der Waals surface area (Å²) in [6, 6.07) is 12.7. The zero-order chi connectivity index (χ0) is 70.0. The van der Waals surface area contributed by atoms with Crippen LogP contribution in [-0.4, -0.2) is 53.6 Å². The molecule has 91 heavy (non-hydrogen) atoms. The molecule has 11 nitrogen and oxygen atoms in total. The summed E-state index contributed by atoms with van der Waals surface area (Å²) in [7, 11) is 0. The number of allylic oxidation sites excluding steroid dienone is 5. The van der Waals surface area contributed by atoms with Crippen LogP contribution >= 0.6 is 0 Å². The van der Waals surface area contributed by atoms with Crippen molar-refractivity contribution in [3.63, 3.8) is 0 Å². The zero-order valence-electron chi connectivity index (χ0n) is 63.0. The second-order valence-electron chi connectivity index (χ2n) is 37.0. The van der Waals surface area contributed by atoms with E-state index in [2.05, 4.69) is 272 Å². The van der Waals surface area contributed by atoms with Crippen LogP contribution in [-0.2, 0) is 52.1 Å². The first-order valence-electron chi connectivity index (χ1n) is 33.3. The van der Waals surface area contributed by atoms with Gasteiger partial charge in [-0.1, -0.05) is 233 Å². The third-order valence-electron chi connectivity index (χ3n) is 18.1. The lowest BCUT2D eigenvalue weighted by atomic mass is 9.64. The fraction of sp³-hybridized carbons (Fsp3) is 0.613. The molecule has 0 radical (unpaired) electrons. The molecule has 3 aromatic carbocycles. The number of phenolic OH excluding ortho intramolecular Hbond substituents is 3. The molecule has 504 valence electrons. The summed E-state index contributed by atoms with van der Waals surface area (Å²) in [5.41, 5.74) is 8.45. The van der Waals surface area contributed by atoms with Crippen LogP contribution in [0.3, 0.4) is 0 Å². The molecule has 0 spiro atoms. The van der Waals surface area contributed by atoms with E-state index in [1.165, 1.54) is 0 Å². The largest absolute Gasteiger partial charge is 0.512 e. The van der Waals surface area contributed by atoms with Gasteiger partial charge in [0.15, 0.2) is 0 Å². The quantitative estimate of drug-likeness (QED) is 0.0497. The minimum absolute atomic E-state index is 0.0920. The Balaban J connectivity index is 2.02. The number of aromatic nitrogens is 3. The fourth-order valence-electron chi connectivity index (χ4n) is 12.4. The maximum atomic E-state index is 12.4. The van der Waals surface area contributed by atoms with E-state index in [-0.39, 0.29) is 57.0 Å². The van der Waals surface area contributed by atoms with E-state index in [9.17, 15) is 25.5 Å². The summed E-state index contributed by atoms with van der Waals surface area (Å²) in [4.78, 5) is 21.0. The van der Waals surface area contributed by atoms with Gasteiger partial charge in [-0.3, -0.25) is 0 Å². The Morgan fingerprint density at radius 3 is 1.18 bits per heavy atom. The van der Waals surface area contributed by atoms with Gasteiger partial charge >= 0.3 is 0 Å². The van der Waals surface area contributed by atoms with Gasteiger partial charge in [-0.25, -0.2) is 0 Å². The van der Waals surface area contributed by atoms with E-state index in [4.69, 9.17) is 21.5 Å². The van der Waals surface area contributed by atoms with Gasteiger partial charge < -0.3 is 40.6 Å². The van der Waals surface area contributed by atoms with Crippen molar-refractivity contribution in [2.45, 2.75) is 274 Å². The SMILES string of the molecule is C=C(/C=C(\C(O)=C(/C)C(C)(C)C)C(C)(C)C)CN(Cc1cc(C(C)(C)C)c(O)c(C(C)(C)C)c1)c1nc(NCc2cc(C(C)(C)C)c(O)c(C(C)(C)C)c2)nc(N(CC2=CC(C(C)(C)C)=C(O)C(C(C)(C)C)C2C)Cc2cc(C(C)(C)C)c(O)c(C(C)(C)C)c2)n1. The lowest BCUT2D eigenvalue weighted by Crippen LogP contribution is -2.38. The van der Waals surface area contributed by atoms with E-state index in [1.807, 2.05) is 13.0 Å². The van der Waals surface area contributed by atoms with Gasteiger partial charge in [0.05, 0.1) is 0 Å². The monoisotopic (exact) mass is 1250 g/mol. The molecule has 1 heterocycles. The molecule has 6 N–H and O–H groups in total. The van der Waals surface area contributed by atoms with Crippen LogP contribution in [0, 0.1) is 33.5 Å². The van der Waals surface area contributed by atoms with E-state index in [1.54, 1.807) is 0 Å². The topological polar surface area (TPSA) is 158 Å². The smallest absolute Gasteiger partial charge is 0.232 e. The van der Waals surface area contributed by atoms with Crippen molar-refractivity contribution >= 4 is 17.8 Å². The number of aromatic hydroxyl groups is 3. The molecule has 0 aliphatic heterocycles. The molecule has 5 rings (SSSR count). The summed E-state index contributed by atoms with van der Waals surface area (Å²) in [6.07, 6.45) is 4.24. The molecule has 4 aromatic rings. The number of hydrogen-bond donors (Lipinski definition) is 6. The number of nitrogens with zero attached hydrogens (tertiary/aromatic N) is 5. The average molecular weight is 1250 g/mol. The molecule has 0 amide bonds. The number of nitrogens with one attached hydrogen (secondary N) is 1. The maximum Gasteiger partial charge on any atom is 0.232 e. The number of hydrogen-bond acceptors (Lipinski definition) is 11. The first kappa shape index (κ1) is 75.5. The Kier molecular flexibility index (Phi) is 21.5. The van der Waals surface area contributed by atoms with Crippen molar-refractivity contribution < 1.29 is 25.5 Å². The standard InChI is InChI=1S/C80H124N6O5/c1-47(34-54(72(7,8)9)63(87)49(3)71(4,5)6)43-85(44-51-37-57(75(16,17)18)65(89)58(38-51)76(19,20)21)69-82-68(81-42-50-35-55(73(10,11)12)64(88)56(36-50)74(13,14)15)83-70(84-69)86(45-52-39-59(77(22,23)24)66(90)60(40-52)78(25,26)27)46-53-41-61(79(28,29)30)67(91)62(48(53)2)80(31,32)33/h34-41,48,62,87-91H,1,42-46H2,2-33H3,(H,81,82,83,84)/b54-34+,63-49-. The molecule has 1 aliphatic carbocycles. The number of aliphatic hydroxyl groups is 2. The van der Waals surface area contributed by atoms with Crippen LogP contribution in [0.4, 0.5) is 17.8 Å². The van der Waals surface area contributed by atoms with Gasteiger partial charge in [0.2, 0.25) is 17.8 Å². The summed E-state index contributed by atoms with van der Waals surface area (Å²) >= 11 is 0. The molecular formula is C80H124N6O5. The van der Waals surface area contributed by atoms with E-state index < -0.39 is 27.1 Å². The predicted octanol–water partition coefficient (Wildman–Crippen LogP) is 20.9. The van der Waals surface area contributed by atoms with Gasteiger partial charge in [-0.05, 0) is 181 Å². The number of benzene rings is 3.